The first-order chi connectivity index (χ1) is 11.2. The van der Waals surface area contributed by atoms with Crippen molar-refractivity contribution in [3.05, 3.63) is 65.2 Å². The topological polar surface area (TPSA) is 66.8 Å². The average molecular weight is 311 g/mol. The molecule has 1 amide bonds. The van der Waals surface area contributed by atoms with Gasteiger partial charge in [0.25, 0.3) is 0 Å². The molecular weight excluding hydrogens is 294 g/mol. The zero-order valence-electron chi connectivity index (χ0n) is 12.6. The quantitative estimate of drug-likeness (QED) is 0.942. The minimum atomic E-state index is -1.04. The largest absolute Gasteiger partial charge is 0.478 e. The highest BCUT2D eigenvalue weighted by molar-refractivity contribution is 6.01. The minimum Gasteiger partial charge on any atom is -0.478 e. The molecule has 0 fully saturated rings. The number of para-hydroxylation sites is 1. The maximum atomic E-state index is 12.4. The molecule has 2 aromatic carbocycles. The molecule has 0 spiro atoms. The summed E-state index contributed by atoms with van der Waals surface area (Å²) in [5.41, 5.74) is 2.36. The SMILES string of the molecule is O=C(O)c1cccc2c1N(C(=O)OCc1ccccc1)CCC2. The number of nitrogens with zero attached hydrogens (tertiary/aromatic N) is 1. The Morgan fingerprint density at radius 3 is 2.61 bits per heavy atom. The van der Waals surface area contributed by atoms with Crippen LogP contribution in [0.25, 0.3) is 0 Å². The Morgan fingerprint density at radius 2 is 1.87 bits per heavy atom. The molecule has 0 atom stereocenters. The number of amides is 1. The number of benzene rings is 2. The van der Waals surface area contributed by atoms with Crippen molar-refractivity contribution in [2.75, 3.05) is 11.4 Å². The monoisotopic (exact) mass is 311 g/mol. The van der Waals surface area contributed by atoms with Crippen molar-refractivity contribution in [1.82, 2.24) is 0 Å². The number of hydrogen-bond donors (Lipinski definition) is 1. The second kappa shape index (κ2) is 6.52. The lowest BCUT2D eigenvalue weighted by molar-refractivity contribution is 0.0697. The van der Waals surface area contributed by atoms with Gasteiger partial charge in [-0.1, -0.05) is 42.5 Å². The molecule has 0 saturated carbocycles. The van der Waals surface area contributed by atoms with Crippen molar-refractivity contribution < 1.29 is 19.4 Å². The molecule has 0 radical (unpaired) electrons. The van der Waals surface area contributed by atoms with E-state index >= 15 is 0 Å². The smallest absolute Gasteiger partial charge is 0.414 e. The van der Waals surface area contributed by atoms with E-state index in [1.165, 1.54) is 11.0 Å². The van der Waals surface area contributed by atoms with Crippen LogP contribution in [0.3, 0.4) is 0 Å². The van der Waals surface area contributed by atoms with E-state index in [9.17, 15) is 14.7 Å². The third kappa shape index (κ3) is 3.18. The molecule has 0 bridgehead atoms. The van der Waals surface area contributed by atoms with Gasteiger partial charge in [-0.25, -0.2) is 9.59 Å². The van der Waals surface area contributed by atoms with E-state index in [4.69, 9.17) is 4.74 Å². The Balaban J connectivity index is 1.82. The van der Waals surface area contributed by atoms with Gasteiger partial charge in [0, 0.05) is 6.54 Å². The molecule has 3 rings (SSSR count). The summed E-state index contributed by atoms with van der Waals surface area (Å²) in [7, 11) is 0. The van der Waals surface area contributed by atoms with Crippen molar-refractivity contribution in [3.8, 4) is 0 Å². The van der Waals surface area contributed by atoms with Crippen molar-refractivity contribution >= 4 is 17.7 Å². The summed E-state index contributed by atoms with van der Waals surface area (Å²) < 4.78 is 5.35. The van der Waals surface area contributed by atoms with Gasteiger partial charge in [-0.2, -0.15) is 0 Å². The number of aryl methyl sites for hydroxylation is 1. The third-order valence-corrected chi connectivity index (χ3v) is 3.87. The number of carboxylic acid groups (broad SMARTS) is 1. The molecule has 1 aliphatic heterocycles. The highest BCUT2D eigenvalue weighted by Crippen LogP contribution is 2.31. The molecule has 118 valence electrons. The first-order valence-corrected chi connectivity index (χ1v) is 7.50. The second-order valence-electron chi connectivity index (χ2n) is 5.41. The summed E-state index contributed by atoms with van der Waals surface area (Å²) in [6, 6.07) is 14.5. The number of carboxylic acids is 1. The first-order valence-electron chi connectivity index (χ1n) is 7.50. The molecule has 0 unspecified atom stereocenters. The second-order valence-corrected chi connectivity index (χ2v) is 5.41. The van der Waals surface area contributed by atoms with Gasteiger partial charge in [0.2, 0.25) is 0 Å². The van der Waals surface area contributed by atoms with Crippen molar-refractivity contribution in [2.24, 2.45) is 0 Å². The van der Waals surface area contributed by atoms with Gasteiger partial charge in [0.1, 0.15) is 6.61 Å². The third-order valence-electron chi connectivity index (χ3n) is 3.87. The van der Waals surface area contributed by atoms with Crippen molar-refractivity contribution in [2.45, 2.75) is 19.4 Å². The molecule has 5 nitrogen and oxygen atoms in total. The van der Waals surface area contributed by atoms with Crippen LogP contribution in [-0.4, -0.2) is 23.7 Å². The van der Waals surface area contributed by atoms with E-state index in [-0.39, 0.29) is 12.2 Å². The predicted octanol–water partition coefficient (Wildman–Crippen LogP) is 3.47. The molecule has 23 heavy (non-hydrogen) atoms. The Hall–Kier alpha value is -2.82. The Morgan fingerprint density at radius 1 is 1.09 bits per heavy atom. The Bertz CT molecular complexity index is 727. The summed E-state index contributed by atoms with van der Waals surface area (Å²) in [5, 5.41) is 9.37. The lowest BCUT2D eigenvalue weighted by atomic mass is 9.98. The number of aromatic carboxylic acids is 1. The fraction of sp³-hybridized carbons (Fsp3) is 0.222. The van der Waals surface area contributed by atoms with E-state index < -0.39 is 12.1 Å². The van der Waals surface area contributed by atoms with Crippen LogP contribution in [0.15, 0.2) is 48.5 Å². The van der Waals surface area contributed by atoms with Crippen LogP contribution in [0.5, 0.6) is 0 Å². The van der Waals surface area contributed by atoms with E-state index in [1.807, 2.05) is 36.4 Å². The summed E-state index contributed by atoms with van der Waals surface area (Å²) in [4.78, 5) is 25.3. The number of anilines is 1. The fourth-order valence-corrected chi connectivity index (χ4v) is 2.80. The van der Waals surface area contributed by atoms with Gasteiger partial charge in [0.15, 0.2) is 0 Å². The number of hydrogen-bond acceptors (Lipinski definition) is 3. The maximum Gasteiger partial charge on any atom is 0.414 e. The molecule has 2 aromatic rings. The fourth-order valence-electron chi connectivity index (χ4n) is 2.80. The van der Waals surface area contributed by atoms with E-state index in [1.54, 1.807) is 6.07 Å². The van der Waals surface area contributed by atoms with Gasteiger partial charge >= 0.3 is 12.1 Å². The van der Waals surface area contributed by atoms with Crippen molar-refractivity contribution in [3.63, 3.8) is 0 Å². The summed E-state index contributed by atoms with van der Waals surface area (Å²) in [6.07, 6.45) is 1.04. The molecule has 0 saturated heterocycles. The molecule has 0 aliphatic carbocycles. The van der Waals surface area contributed by atoms with Crippen LogP contribution < -0.4 is 4.90 Å². The highest BCUT2D eigenvalue weighted by Gasteiger charge is 2.28. The number of fused-ring (bicyclic) bond motifs is 1. The highest BCUT2D eigenvalue weighted by atomic mass is 16.6. The molecule has 1 N–H and O–H groups in total. The Kier molecular flexibility index (Phi) is 4.28. The van der Waals surface area contributed by atoms with E-state index in [0.717, 1.165) is 24.0 Å². The van der Waals surface area contributed by atoms with Crippen molar-refractivity contribution in [1.29, 1.82) is 0 Å². The minimum absolute atomic E-state index is 0.138. The number of ether oxygens (including phenoxy) is 1. The van der Waals surface area contributed by atoms with Gasteiger partial charge in [0.05, 0.1) is 11.3 Å². The zero-order chi connectivity index (χ0) is 16.2. The molecule has 0 aromatic heterocycles. The normalized spacial score (nSPS) is 13.3. The van der Waals surface area contributed by atoms with Crippen LogP contribution in [0, 0.1) is 0 Å². The lowest BCUT2D eigenvalue weighted by Gasteiger charge is -2.30. The average Bonchev–Trinajstić information content (AvgIpc) is 2.59. The van der Waals surface area contributed by atoms with Crippen LogP contribution in [-0.2, 0) is 17.8 Å². The lowest BCUT2D eigenvalue weighted by Crippen LogP contribution is -2.37. The van der Waals surface area contributed by atoms with Gasteiger partial charge in [-0.3, -0.25) is 4.90 Å². The van der Waals surface area contributed by atoms with Crippen LogP contribution >= 0.6 is 0 Å². The first kappa shape index (κ1) is 15.1. The molecule has 5 heteroatoms. The van der Waals surface area contributed by atoms with Gasteiger partial charge in [-0.15, -0.1) is 0 Å². The van der Waals surface area contributed by atoms with E-state index in [0.29, 0.717) is 12.2 Å². The zero-order valence-corrected chi connectivity index (χ0v) is 12.6. The van der Waals surface area contributed by atoms with Crippen LogP contribution in [0.2, 0.25) is 0 Å². The van der Waals surface area contributed by atoms with Gasteiger partial charge in [-0.05, 0) is 30.0 Å². The number of carbonyl (C=O) groups excluding carboxylic acids is 1. The Labute approximate surface area is 134 Å². The van der Waals surface area contributed by atoms with Crippen LogP contribution in [0.4, 0.5) is 10.5 Å². The molecular formula is C18H17NO4. The van der Waals surface area contributed by atoms with Gasteiger partial charge < -0.3 is 9.84 Å². The molecule has 1 heterocycles. The maximum absolute atomic E-state index is 12.4. The standard InChI is InChI=1S/C18H17NO4/c20-17(21)15-10-4-8-14-9-5-11-19(16(14)15)18(22)23-12-13-6-2-1-3-7-13/h1-4,6-8,10H,5,9,11-12H2,(H,20,21). The summed E-state index contributed by atoms with van der Waals surface area (Å²) >= 11 is 0. The predicted molar refractivity (Wildman–Crippen MR) is 85.7 cm³/mol. The van der Waals surface area contributed by atoms with E-state index in [2.05, 4.69) is 0 Å². The molecule has 1 aliphatic rings. The number of carbonyl (C=O) groups is 2. The summed E-state index contributed by atoms with van der Waals surface area (Å²) in [6.45, 7) is 0.631. The summed E-state index contributed by atoms with van der Waals surface area (Å²) in [5.74, 6) is -1.04. The van der Waals surface area contributed by atoms with Crippen LogP contribution in [0.1, 0.15) is 27.9 Å². The number of rotatable bonds is 3.